The van der Waals surface area contributed by atoms with Crippen LogP contribution >= 0.6 is 23.1 Å². The topological polar surface area (TPSA) is 50.5 Å². The molecule has 0 fully saturated rings. The van der Waals surface area contributed by atoms with Gasteiger partial charge >= 0.3 is 0 Å². The molecule has 0 saturated carbocycles. The van der Waals surface area contributed by atoms with E-state index in [1.807, 2.05) is 21.4 Å². The van der Waals surface area contributed by atoms with Gasteiger partial charge < -0.3 is 4.90 Å². The van der Waals surface area contributed by atoms with Crippen LogP contribution < -0.4 is 4.90 Å². The molecule has 0 unspecified atom stereocenters. The molecule has 2 aromatic heterocycles. The summed E-state index contributed by atoms with van der Waals surface area (Å²) in [5, 5.41) is 9.39. The van der Waals surface area contributed by atoms with Crippen molar-refractivity contribution in [2.24, 2.45) is 0 Å². The highest BCUT2D eigenvalue weighted by Crippen LogP contribution is 2.40. The lowest BCUT2D eigenvalue weighted by molar-refractivity contribution is -0.116. The first-order valence-corrected chi connectivity index (χ1v) is 11.6. The third-order valence-electron chi connectivity index (χ3n) is 5.45. The molecule has 2 aromatic carbocycles. The van der Waals surface area contributed by atoms with Crippen molar-refractivity contribution in [3.8, 4) is 0 Å². The summed E-state index contributed by atoms with van der Waals surface area (Å²) in [5.74, 6) is 0.365. The van der Waals surface area contributed by atoms with Crippen molar-refractivity contribution >= 4 is 55.4 Å². The van der Waals surface area contributed by atoms with E-state index in [4.69, 9.17) is 0 Å². The highest BCUT2D eigenvalue weighted by atomic mass is 32.2. The zero-order valence-corrected chi connectivity index (χ0v) is 19.0. The zero-order valence-electron chi connectivity index (χ0n) is 17.3. The number of rotatable bonds is 3. The number of para-hydroxylation sites is 1. The molecule has 5 rings (SSSR count). The van der Waals surface area contributed by atoms with E-state index in [9.17, 15) is 4.79 Å². The molecule has 7 heteroatoms. The van der Waals surface area contributed by atoms with Crippen LogP contribution in [0.1, 0.15) is 31.9 Å². The van der Waals surface area contributed by atoms with Crippen molar-refractivity contribution in [3.05, 3.63) is 59.7 Å². The Morgan fingerprint density at radius 2 is 1.93 bits per heavy atom. The predicted octanol–water partition coefficient (Wildman–Crippen LogP) is 5.57. The van der Waals surface area contributed by atoms with E-state index in [1.54, 1.807) is 11.3 Å². The SMILES string of the molecule is CC1=CC(C)(C)N(C(=O)CSc2nnc3sc4ccccc4n23)c2ccc(C)cc21. The van der Waals surface area contributed by atoms with Gasteiger partial charge in [0.1, 0.15) is 0 Å². The van der Waals surface area contributed by atoms with Crippen molar-refractivity contribution in [3.63, 3.8) is 0 Å². The lowest BCUT2D eigenvalue weighted by atomic mass is 9.88. The zero-order chi connectivity index (χ0) is 21.0. The van der Waals surface area contributed by atoms with E-state index in [0.717, 1.165) is 31.6 Å². The number of amides is 1. The van der Waals surface area contributed by atoms with Crippen LogP contribution in [0.15, 0.2) is 53.7 Å². The van der Waals surface area contributed by atoms with Gasteiger partial charge in [0.15, 0.2) is 5.16 Å². The summed E-state index contributed by atoms with van der Waals surface area (Å²) in [6.45, 7) is 8.37. The van der Waals surface area contributed by atoms with Gasteiger partial charge in [-0.05, 0) is 57.5 Å². The summed E-state index contributed by atoms with van der Waals surface area (Å²) in [7, 11) is 0. The van der Waals surface area contributed by atoms with Gasteiger partial charge in [0.25, 0.3) is 0 Å². The van der Waals surface area contributed by atoms with Gasteiger partial charge in [-0.3, -0.25) is 9.20 Å². The molecule has 1 aliphatic rings. The summed E-state index contributed by atoms with van der Waals surface area (Å²) in [5.41, 5.74) is 5.19. The minimum absolute atomic E-state index is 0.0649. The number of hydrogen-bond donors (Lipinski definition) is 0. The molecule has 0 bridgehead atoms. The molecule has 4 aromatic rings. The van der Waals surface area contributed by atoms with Crippen LogP contribution in [0.2, 0.25) is 0 Å². The highest BCUT2D eigenvalue weighted by molar-refractivity contribution is 7.99. The summed E-state index contributed by atoms with van der Waals surface area (Å²) in [6.07, 6.45) is 2.18. The number of aryl methyl sites for hydroxylation is 1. The van der Waals surface area contributed by atoms with Crippen molar-refractivity contribution in [2.75, 3.05) is 10.7 Å². The number of thioether (sulfide) groups is 1. The summed E-state index contributed by atoms with van der Waals surface area (Å²) in [4.78, 5) is 16.2. The fourth-order valence-electron chi connectivity index (χ4n) is 4.24. The molecule has 1 amide bonds. The average molecular weight is 435 g/mol. The number of aromatic nitrogens is 3. The Balaban J connectivity index is 1.47. The van der Waals surface area contributed by atoms with Gasteiger partial charge in [0, 0.05) is 5.56 Å². The number of benzene rings is 2. The second kappa shape index (κ2) is 6.96. The molecule has 0 N–H and O–H groups in total. The minimum atomic E-state index is -0.390. The smallest absolute Gasteiger partial charge is 0.238 e. The van der Waals surface area contributed by atoms with E-state index in [0.29, 0.717) is 5.75 Å². The highest BCUT2D eigenvalue weighted by Gasteiger charge is 2.35. The van der Waals surface area contributed by atoms with Crippen LogP contribution in [0.5, 0.6) is 0 Å². The number of allylic oxidation sites excluding steroid dienone is 1. The molecule has 0 aliphatic carbocycles. The molecule has 0 saturated heterocycles. The van der Waals surface area contributed by atoms with Crippen molar-refractivity contribution < 1.29 is 4.79 Å². The van der Waals surface area contributed by atoms with Gasteiger partial charge in [-0.2, -0.15) is 0 Å². The van der Waals surface area contributed by atoms with Crippen molar-refractivity contribution in [2.45, 2.75) is 38.4 Å². The lowest BCUT2D eigenvalue weighted by Gasteiger charge is -2.41. The number of carbonyl (C=O) groups is 1. The maximum atomic E-state index is 13.4. The van der Waals surface area contributed by atoms with Crippen LogP contribution in [0.3, 0.4) is 0 Å². The van der Waals surface area contributed by atoms with Gasteiger partial charge in [-0.15, -0.1) is 10.2 Å². The lowest BCUT2D eigenvalue weighted by Crippen LogP contribution is -2.49. The van der Waals surface area contributed by atoms with Gasteiger partial charge in [0.05, 0.1) is 27.2 Å². The standard InChI is InChI=1S/C23H22N4OS2/c1-14-9-10-17-16(11-14)15(2)12-23(3,4)27(17)20(28)13-29-21-24-25-22-26(21)18-7-5-6-8-19(18)30-22/h5-12H,13H2,1-4H3. The molecule has 5 nitrogen and oxygen atoms in total. The predicted molar refractivity (Wildman–Crippen MR) is 125 cm³/mol. The van der Waals surface area contributed by atoms with Crippen LogP contribution in [0.4, 0.5) is 5.69 Å². The van der Waals surface area contributed by atoms with Gasteiger partial charge in [0.2, 0.25) is 10.9 Å². The first-order valence-electron chi connectivity index (χ1n) is 9.84. The second-order valence-corrected chi connectivity index (χ2v) is 10.1. The Bertz CT molecular complexity index is 1330. The molecule has 3 heterocycles. The molecule has 30 heavy (non-hydrogen) atoms. The number of carbonyl (C=O) groups excluding carboxylic acids is 1. The quantitative estimate of drug-likeness (QED) is 0.395. The number of anilines is 1. The van der Waals surface area contributed by atoms with Crippen molar-refractivity contribution in [1.82, 2.24) is 14.6 Å². The van der Waals surface area contributed by atoms with E-state index in [1.165, 1.54) is 22.9 Å². The molecule has 0 spiro atoms. The number of hydrogen-bond acceptors (Lipinski definition) is 5. The average Bonchev–Trinajstić information content (AvgIpc) is 3.25. The second-order valence-electron chi connectivity index (χ2n) is 8.19. The Labute approximate surface area is 183 Å². The molecule has 1 aliphatic heterocycles. The Morgan fingerprint density at radius 1 is 1.13 bits per heavy atom. The third-order valence-corrected chi connectivity index (χ3v) is 7.37. The van der Waals surface area contributed by atoms with Crippen LogP contribution in [0, 0.1) is 6.92 Å². The Hall–Kier alpha value is -2.64. The Morgan fingerprint density at radius 3 is 2.77 bits per heavy atom. The summed E-state index contributed by atoms with van der Waals surface area (Å²) < 4.78 is 3.21. The normalized spacial score (nSPS) is 15.5. The molecule has 0 atom stereocenters. The van der Waals surface area contributed by atoms with E-state index in [-0.39, 0.29) is 11.4 Å². The number of thiazole rings is 1. The minimum Gasteiger partial charge on any atom is -0.302 e. The van der Waals surface area contributed by atoms with Gasteiger partial charge in [-0.1, -0.05) is 52.9 Å². The van der Waals surface area contributed by atoms with Crippen LogP contribution in [0.25, 0.3) is 20.8 Å². The van der Waals surface area contributed by atoms with E-state index >= 15 is 0 Å². The summed E-state index contributed by atoms with van der Waals surface area (Å²) >= 11 is 3.05. The maximum absolute atomic E-state index is 13.4. The first kappa shape index (κ1) is 19.3. The number of fused-ring (bicyclic) bond motifs is 4. The van der Waals surface area contributed by atoms with Gasteiger partial charge in [-0.25, -0.2) is 0 Å². The first-order chi connectivity index (χ1) is 14.3. The third kappa shape index (κ3) is 3.04. The fourth-order valence-corrected chi connectivity index (χ4v) is 6.06. The number of nitrogens with zero attached hydrogens (tertiary/aromatic N) is 4. The Kier molecular flexibility index (Phi) is 4.48. The maximum Gasteiger partial charge on any atom is 0.238 e. The molecule has 0 radical (unpaired) electrons. The summed E-state index contributed by atoms with van der Waals surface area (Å²) in [6, 6.07) is 14.5. The molecular formula is C23H22N4OS2. The van der Waals surface area contributed by atoms with Crippen LogP contribution in [-0.2, 0) is 4.79 Å². The largest absolute Gasteiger partial charge is 0.302 e. The molecule has 152 valence electrons. The fraction of sp³-hybridized carbons (Fsp3) is 0.261. The van der Waals surface area contributed by atoms with Crippen LogP contribution in [-0.4, -0.2) is 31.8 Å². The van der Waals surface area contributed by atoms with Crippen molar-refractivity contribution in [1.29, 1.82) is 0 Å². The molecular weight excluding hydrogens is 412 g/mol. The van der Waals surface area contributed by atoms with E-state index in [2.05, 4.69) is 74.3 Å². The monoisotopic (exact) mass is 434 g/mol. The van der Waals surface area contributed by atoms with E-state index < -0.39 is 0 Å².